The molecule has 2 heteroatoms. The first kappa shape index (κ1) is 13.2. The Morgan fingerprint density at radius 3 is 1.38 bits per heavy atom. The van der Waals surface area contributed by atoms with E-state index in [0.29, 0.717) is 0 Å². The third-order valence-electron chi connectivity index (χ3n) is 2.57. The van der Waals surface area contributed by atoms with Crippen molar-refractivity contribution in [3.63, 3.8) is 0 Å². The summed E-state index contributed by atoms with van der Waals surface area (Å²) in [6.45, 7) is 9.92. The van der Waals surface area contributed by atoms with Crippen molar-refractivity contribution in [1.29, 1.82) is 0 Å². The minimum Gasteiger partial charge on any atom is -0.417 e. The van der Waals surface area contributed by atoms with Crippen LogP contribution in [-0.4, -0.2) is 14.9 Å². The Bertz CT molecular complexity index is 85.1. The molecule has 0 unspecified atom stereocenters. The van der Waals surface area contributed by atoms with E-state index in [1.165, 1.54) is 37.4 Å². The van der Waals surface area contributed by atoms with Crippen LogP contribution in [-0.2, 0) is 4.43 Å². The Kier molecular flexibility index (Phi) is 7.67. The predicted octanol–water partition coefficient (Wildman–Crippen LogP) is 4.20. The summed E-state index contributed by atoms with van der Waals surface area (Å²) in [5.41, 5.74) is 0. The lowest BCUT2D eigenvalue weighted by atomic mass is 10.6. The zero-order valence-corrected chi connectivity index (χ0v) is 10.9. The van der Waals surface area contributed by atoms with Crippen molar-refractivity contribution < 1.29 is 4.43 Å². The largest absolute Gasteiger partial charge is 0.417 e. The van der Waals surface area contributed by atoms with Crippen LogP contribution in [0, 0.1) is 0 Å². The van der Waals surface area contributed by atoms with Crippen LogP contribution in [0.15, 0.2) is 0 Å². The van der Waals surface area contributed by atoms with Crippen LogP contribution in [0.4, 0.5) is 0 Å². The summed E-state index contributed by atoms with van der Waals surface area (Å²) in [5.74, 6) is 0. The van der Waals surface area contributed by atoms with Gasteiger partial charge in [0.1, 0.15) is 0 Å². The van der Waals surface area contributed by atoms with Crippen molar-refractivity contribution >= 4 is 8.32 Å². The lowest BCUT2D eigenvalue weighted by Gasteiger charge is -2.30. The first-order valence-electron chi connectivity index (χ1n) is 5.88. The molecule has 0 aromatic rings. The van der Waals surface area contributed by atoms with Gasteiger partial charge in [-0.1, -0.05) is 40.0 Å². The van der Waals surface area contributed by atoms with Crippen LogP contribution >= 0.6 is 0 Å². The summed E-state index contributed by atoms with van der Waals surface area (Å²) < 4.78 is 6.09. The van der Waals surface area contributed by atoms with Gasteiger partial charge in [-0.15, -0.1) is 0 Å². The third kappa shape index (κ3) is 4.82. The highest BCUT2D eigenvalue weighted by Gasteiger charge is 2.31. The van der Waals surface area contributed by atoms with Crippen molar-refractivity contribution in [3.05, 3.63) is 0 Å². The van der Waals surface area contributed by atoms with Gasteiger partial charge in [-0.2, -0.15) is 0 Å². The van der Waals surface area contributed by atoms with E-state index in [-0.39, 0.29) is 0 Å². The van der Waals surface area contributed by atoms with Crippen LogP contribution in [0.5, 0.6) is 0 Å². The summed E-state index contributed by atoms with van der Waals surface area (Å²) in [7, 11) is -1.30. The molecular formula is C11H26OSi. The molecule has 0 aromatic heterocycles. The number of hydrogen-bond donors (Lipinski definition) is 0. The second-order valence-electron chi connectivity index (χ2n) is 3.87. The zero-order valence-electron chi connectivity index (χ0n) is 9.86. The fraction of sp³-hybridized carbons (Fsp3) is 1.00. The highest BCUT2D eigenvalue weighted by Crippen LogP contribution is 2.27. The molecule has 0 saturated heterocycles. The van der Waals surface area contributed by atoms with E-state index in [1.807, 2.05) is 0 Å². The number of rotatable bonds is 8. The molecule has 0 atom stereocenters. The molecule has 0 rings (SSSR count). The average Bonchev–Trinajstić information content (AvgIpc) is 2.06. The second-order valence-corrected chi connectivity index (χ2v) is 8.02. The van der Waals surface area contributed by atoms with E-state index in [0.717, 1.165) is 6.61 Å². The molecule has 0 aromatic carbocycles. The minimum absolute atomic E-state index is 0.923. The molecule has 0 amide bonds. The highest BCUT2D eigenvalue weighted by molar-refractivity contribution is 6.73. The molecular weight excluding hydrogens is 176 g/mol. The first-order chi connectivity index (χ1) is 6.24. The van der Waals surface area contributed by atoms with Crippen molar-refractivity contribution in [2.45, 2.75) is 65.1 Å². The van der Waals surface area contributed by atoms with Crippen molar-refractivity contribution in [2.75, 3.05) is 6.61 Å². The Morgan fingerprint density at radius 2 is 1.15 bits per heavy atom. The highest BCUT2D eigenvalue weighted by atomic mass is 28.4. The van der Waals surface area contributed by atoms with Gasteiger partial charge in [0.25, 0.3) is 0 Å². The fourth-order valence-electron chi connectivity index (χ4n) is 2.26. The van der Waals surface area contributed by atoms with Crippen molar-refractivity contribution in [2.24, 2.45) is 0 Å². The fourth-order valence-corrected chi connectivity index (χ4v) is 6.79. The van der Waals surface area contributed by atoms with Crippen LogP contribution in [0.25, 0.3) is 0 Å². The van der Waals surface area contributed by atoms with Crippen molar-refractivity contribution in [3.8, 4) is 0 Å². The molecule has 0 radical (unpaired) electrons. The van der Waals surface area contributed by atoms with Gasteiger partial charge in [0.15, 0.2) is 8.32 Å². The quantitative estimate of drug-likeness (QED) is 0.536. The Balaban J connectivity index is 4.19. The maximum absolute atomic E-state index is 6.09. The molecule has 0 aliphatic heterocycles. The van der Waals surface area contributed by atoms with Gasteiger partial charge < -0.3 is 4.43 Å². The van der Waals surface area contributed by atoms with E-state index in [2.05, 4.69) is 27.7 Å². The van der Waals surface area contributed by atoms with E-state index in [1.54, 1.807) is 0 Å². The van der Waals surface area contributed by atoms with Crippen molar-refractivity contribution in [1.82, 2.24) is 0 Å². The van der Waals surface area contributed by atoms with Gasteiger partial charge in [0.05, 0.1) is 0 Å². The van der Waals surface area contributed by atoms with Gasteiger partial charge in [0.2, 0.25) is 0 Å². The second kappa shape index (κ2) is 7.57. The maximum Gasteiger partial charge on any atom is 0.192 e. The normalized spacial score (nSPS) is 12.0. The molecule has 80 valence electrons. The molecule has 0 spiro atoms. The van der Waals surface area contributed by atoms with Gasteiger partial charge in [-0.3, -0.25) is 0 Å². The van der Waals surface area contributed by atoms with E-state index >= 15 is 0 Å². The number of hydrogen-bond acceptors (Lipinski definition) is 1. The zero-order chi connectivity index (χ0) is 10.2. The molecule has 0 N–H and O–H groups in total. The molecule has 1 nitrogen and oxygen atoms in total. The first-order valence-corrected chi connectivity index (χ1v) is 8.41. The third-order valence-corrected chi connectivity index (χ3v) is 7.70. The van der Waals surface area contributed by atoms with E-state index in [9.17, 15) is 0 Å². The lowest BCUT2D eigenvalue weighted by Crippen LogP contribution is -2.37. The Morgan fingerprint density at radius 1 is 0.769 bits per heavy atom. The van der Waals surface area contributed by atoms with E-state index < -0.39 is 8.32 Å². The van der Waals surface area contributed by atoms with Crippen LogP contribution in [0.3, 0.4) is 0 Å². The van der Waals surface area contributed by atoms with Crippen LogP contribution in [0.2, 0.25) is 18.1 Å². The molecule has 0 aliphatic carbocycles. The smallest absolute Gasteiger partial charge is 0.192 e. The van der Waals surface area contributed by atoms with Gasteiger partial charge in [-0.25, -0.2) is 0 Å². The van der Waals surface area contributed by atoms with Crippen LogP contribution < -0.4 is 0 Å². The van der Waals surface area contributed by atoms with Crippen LogP contribution in [0.1, 0.15) is 47.0 Å². The van der Waals surface area contributed by atoms with E-state index in [4.69, 9.17) is 4.43 Å². The Hall–Kier alpha value is 0.177. The summed E-state index contributed by atoms with van der Waals surface area (Å²) in [4.78, 5) is 0. The maximum atomic E-state index is 6.09. The molecule has 13 heavy (non-hydrogen) atoms. The lowest BCUT2D eigenvalue weighted by molar-refractivity contribution is 0.316. The molecule has 0 heterocycles. The molecule has 0 saturated carbocycles. The predicted molar refractivity (Wildman–Crippen MR) is 62.7 cm³/mol. The monoisotopic (exact) mass is 202 g/mol. The molecule has 0 bridgehead atoms. The SMILES string of the molecule is CCC[Si](CCC)(CCC)OCC. The molecule has 0 fully saturated rings. The van der Waals surface area contributed by atoms with Gasteiger partial charge in [0, 0.05) is 6.61 Å². The average molecular weight is 202 g/mol. The summed E-state index contributed by atoms with van der Waals surface area (Å²) in [6.07, 6.45) is 3.89. The minimum atomic E-state index is -1.30. The van der Waals surface area contributed by atoms with Gasteiger partial charge in [-0.05, 0) is 25.1 Å². The standard InChI is InChI=1S/C11H26OSi/c1-5-9-13(10-6-2,11-7-3)12-8-4/h5-11H2,1-4H3. The molecule has 0 aliphatic rings. The summed E-state index contributed by atoms with van der Waals surface area (Å²) in [6, 6.07) is 4.09. The summed E-state index contributed by atoms with van der Waals surface area (Å²) in [5, 5.41) is 0. The van der Waals surface area contributed by atoms with Gasteiger partial charge >= 0.3 is 0 Å². The Labute approximate surface area is 85.0 Å². The summed E-state index contributed by atoms with van der Waals surface area (Å²) >= 11 is 0. The topological polar surface area (TPSA) is 9.23 Å².